The maximum Gasteiger partial charge on any atom is 0.294 e. The van der Waals surface area contributed by atoms with Crippen molar-refractivity contribution < 1.29 is 33.0 Å². The van der Waals surface area contributed by atoms with Crippen LogP contribution in [-0.4, -0.2) is 48.1 Å². The fraction of sp³-hybridized carbons (Fsp3) is 0.172. The summed E-state index contributed by atoms with van der Waals surface area (Å²) in [6.07, 6.45) is 1.45. The van der Waals surface area contributed by atoms with E-state index in [-0.39, 0.29) is 21.4 Å². The van der Waals surface area contributed by atoms with Crippen LogP contribution < -0.4 is 20.1 Å². The number of hydrogen-bond acceptors (Lipinski definition) is 7. The number of methoxy groups -OCH3 is 1. The molecule has 2 N–H and O–H groups in total. The van der Waals surface area contributed by atoms with Crippen LogP contribution >= 0.6 is 23.4 Å². The molecule has 1 saturated heterocycles. The Morgan fingerprint density at radius 1 is 0.976 bits per heavy atom. The zero-order chi connectivity index (χ0) is 29.7. The summed E-state index contributed by atoms with van der Waals surface area (Å²) >= 11 is 7.09. The molecule has 3 aromatic carbocycles. The summed E-state index contributed by atoms with van der Waals surface area (Å²) in [6.45, 7) is 3.02. The number of amides is 4. The predicted molar refractivity (Wildman–Crippen MR) is 156 cm³/mol. The third-order valence-corrected chi connectivity index (χ3v) is 7.18. The van der Waals surface area contributed by atoms with Gasteiger partial charge in [-0.05, 0) is 96.9 Å². The van der Waals surface area contributed by atoms with Crippen LogP contribution in [0.25, 0.3) is 6.08 Å². The van der Waals surface area contributed by atoms with Crippen molar-refractivity contribution in [2.45, 2.75) is 13.8 Å². The van der Waals surface area contributed by atoms with Gasteiger partial charge < -0.3 is 20.1 Å². The van der Waals surface area contributed by atoms with Crippen molar-refractivity contribution in [1.82, 2.24) is 4.90 Å². The summed E-state index contributed by atoms with van der Waals surface area (Å²) in [4.78, 5) is 51.2. The highest BCUT2D eigenvalue weighted by molar-refractivity contribution is 8.18. The van der Waals surface area contributed by atoms with E-state index in [1.165, 1.54) is 49.6 Å². The molecule has 0 atom stereocenters. The van der Waals surface area contributed by atoms with Crippen molar-refractivity contribution in [2.24, 2.45) is 0 Å². The van der Waals surface area contributed by atoms with Crippen molar-refractivity contribution in [3.8, 4) is 11.5 Å². The van der Waals surface area contributed by atoms with Gasteiger partial charge >= 0.3 is 0 Å². The van der Waals surface area contributed by atoms with Crippen LogP contribution in [0.3, 0.4) is 0 Å². The largest absolute Gasteiger partial charge is 0.493 e. The van der Waals surface area contributed by atoms with E-state index in [2.05, 4.69) is 10.6 Å². The predicted octanol–water partition coefficient (Wildman–Crippen LogP) is 5.80. The monoisotopic (exact) mass is 597 g/mol. The van der Waals surface area contributed by atoms with E-state index in [1.807, 2.05) is 26.0 Å². The van der Waals surface area contributed by atoms with Crippen LogP contribution in [0.5, 0.6) is 11.5 Å². The van der Waals surface area contributed by atoms with Crippen molar-refractivity contribution in [3.05, 3.63) is 87.0 Å². The van der Waals surface area contributed by atoms with E-state index >= 15 is 0 Å². The SMILES string of the molecule is COc1cc(/C=C2/SC(=O)N(CC(=O)Nc3ccc(C)c(C)c3)C2=O)cc(Cl)c1OCC(=O)Nc1ccc(F)cc1. The zero-order valence-corrected chi connectivity index (χ0v) is 23.8. The van der Waals surface area contributed by atoms with Gasteiger partial charge in [-0.1, -0.05) is 17.7 Å². The van der Waals surface area contributed by atoms with Gasteiger partial charge in [0.1, 0.15) is 12.4 Å². The van der Waals surface area contributed by atoms with Gasteiger partial charge in [0.25, 0.3) is 17.1 Å². The Morgan fingerprint density at radius 3 is 2.34 bits per heavy atom. The number of carbonyl (C=O) groups excluding carboxylic acids is 4. The van der Waals surface area contributed by atoms with Crippen molar-refractivity contribution in [2.75, 3.05) is 30.9 Å². The number of rotatable bonds is 9. The molecule has 0 bridgehead atoms. The number of ether oxygens (including phenoxy) is 2. The fourth-order valence-electron chi connectivity index (χ4n) is 3.78. The number of aryl methyl sites for hydroxylation is 2. The van der Waals surface area contributed by atoms with Gasteiger partial charge in [0.05, 0.1) is 17.0 Å². The van der Waals surface area contributed by atoms with E-state index in [0.29, 0.717) is 28.7 Å². The van der Waals surface area contributed by atoms with Crippen LogP contribution in [0.15, 0.2) is 59.5 Å². The first kappa shape index (κ1) is 29.6. The Hall–Kier alpha value is -4.35. The highest BCUT2D eigenvalue weighted by atomic mass is 35.5. The van der Waals surface area contributed by atoms with Crippen LogP contribution in [0.4, 0.5) is 20.6 Å². The molecule has 1 aliphatic heterocycles. The van der Waals surface area contributed by atoms with E-state index in [1.54, 1.807) is 6.07 Å². The molecule has 0 radical (unpaired) electrons. The molecule has 3 aromatic rings. The van der Waals surface area contributed by atoms with Gasteiger partial charge in [-0.3, -0.25) is 24.1 Å². The van der Waals surface area contributed by atoms with Crippen LogP contribution in [0.2, 0.25) is 5.02 Å². The quantitative estimate of drug-likeness (QED) is 0.300. The number of nitrogens with one attached hydrogen (secondary N) is 2. The first-order chi connectivity index (χ1) is 19.5. The molecule has 0 aromatic heterocycles. The molecule has 41 heavy (non-hydrogen) atoms. The number of anilines is 2. The second-order valence-corrected chi connectivity index (χ2v) is 10.4. The van der Waals surface area contributed by atoms with Gasteiger partial charge in [0, 0.05) is 11.4 Å². The molecular weight excluding hydrogens is 573 g/mol. The van der Waals surface area contributed by atoms with Gasteiger partial charge in [-0.25, -0.2) is 4.39 Å². The highest BCUT2D eigenvalue weighted by Crippen LogP contribution is 2.39. The number of carbonyl (C=O) groups is 4. The zero-order valence-electron chi connectivity index (χ0n) is 22.2. The summed E-state index contributed by atoms with van der Waals surface area (Å²) in [5, 5.41) is 4.79. The topological polar surface area (TPSA) is 114 Å². The molecule has 4 amide bonds. The smallest absolute Gasteiger partial charge is 0.294 e. The number of thioether (sulfide) groups is 1. The average Bonchev–Trinajstić information content (AvgIpc) is 3.18. The first-order valence-electron chi connectivity index (χ1n) is 12.2. The number of halogens is 2. The molecule has 0 saturated carbocycles. The van der Waals surface area contributed by atoms with Crippen LogP contribution in [0, 0.1) is 19.7 Å². The standard InChI is InChI=1S/C29H25ClFN3O6S/c1-16-4-7-21(10-17(16)2)33-25(35)14-34-28(37)24(41-29(34)38)13-18-11-22(30)27(23(12-18)39-3)40-15-26(36)32-20-8-5-19(31)6-9-20/h4-13H,14-15H2,1-3H3,(H,32,36)(H,33,35)/b24-13+. The maximum absolute atomic E-state index is 13.1. The van der Waals surface area contributed by atoms with E-state index < -0.39 is 41.9 Å². The van der Waals surface area contributed by atoms with Crippen molar-refractivity contribution in [1.29, 1.82) is 0 Å². The van der Waals surface area contributed by atoms with Crippen molar-refractivity contribution >= 4 is 63.8 Å². The Morgan fingerprint density at radius 2 is 1.66 bits per heavy atom. The van der Waals surface area contributed by atoms with E-state index in [4.69, 9.17) is 21.1 Å². The molecule has 212 valence electrons. The molecule has 1 aliphatic rings. The van der Waals surface area contributed by atoms with Gasteiger partial charge in [-0.15, -0.1) is 0 Å². The lowest BCUT2D eigenvalue weighted by Gasteiger charge is -2.14. The normalized spacial score (nSPS) is 13.9. The Bertz CT molecular complexity index is 1560. The molecule has 0 spiro atoms. The van der Waals surface area contributed by atoms with Crippen LogP contribution in [0.1, 0.15) is 16.7 Å². The Balaban J connectivity index is 1.41. The minimum Gasteiger partial charge on any atom is -0.493 e. The minimum atomic E-state index is -0.622. The lowest BCUT2D eigenvalue weighted by Crippen LogP contribution is -2.36. The highest BCUT2D eigenvalue weighted by Gasteiger charge is 2.36. The number of nitrogens with zero attached hydrogens (tertiary/aromatic N) is 1. The third kappa shape index (κ3) is 7.44. The lowest BCUT2D eigenvalue weighted by molar-refractivity contribution is -0.127. The minimum absolute atomic E-state index is 0.0942. The molecule has 4 rings (SSSR count). The lowest BCUT2D eigenvalue weighted by atomic mass is 10.1. The second kappa shape index (κ2) is 12.9. The number of imide groups is 1. The van der Waals surface area contributed by atoms with E-state index in [0.717, 1.165) is 16.0 Å². The summed E-state index contributed by atoms with van der Waals surface area (Å²) < 4.78 is 24.0. The Kier molecular flexibility index (Phi) is 9.31. The van der Waals surface area contributed by atoms with Gasteiger partial charge in [0.2, 0.25) is 5.91 Å². The summed E-state index contributed by atoms with van der Waals surface area (Å²) in [6, 6.07) is 13.7. The van der Waals surface area contributed by atoms with Crippen molar-refractivity contribution in [3.63, 3.8) is 0 Å². The molecule has 9 nitrogen and oxygen atoms in total. The van der Waals surface area contributed by atoms with Gasteiger partial charge in [-0.2, -0.15) is 0 Å². The Labute approximate surface area is 244 Å². The fourth-order valence-corrected chi connectivity index (χ4v) is 4.89. The second-order valence-electron chi connectivity index (χ2n) is 8.99. The molecule has 1 heterocycles. The maximum atomic E-state index is 13.1. The first-order valence-corrected chi connectivity index (χ1v) is 13.4. The third-order valence-electron chi connectivity index (χ3n) is 5.99. The summed E-state index contributed by atoms with van der Waals surface area (Å²) in [5.41, 5.74) is 3.46. The summed E-state index contributed by atoms with van der Waals surface area (Å²) in [5.74, 6) is -1.79. The van der Waals surface area contributed by atoms with E-state index in [9.17, 15) is 23.6 Å². The number of hydrogen-bond donors (Lipinski definition) is 2. The molecule has 1 fully saturated rings. The molecule has 12 heteroatoms. The molecular formula is C29H25ClFN3O6S. The molecule has 0 unspecified atom stereocenters. The van der Waals surface area contributed by atoms with Crippen LogP contribution in [-0.2, 0) is 14.4 Å². The summed E-state index contributed by atoms with van der Waals surface area (Å²) in [7, 11) is 1.38. The number of benzene rings is 3. The molecule has 0 aliphatic carbocycles. The van der Waals surface area contributed by atoms with Gasteiger partial charge in [0.15, 0.2) is 18.1 Å². The average molecular weight is 598 g/mol.